The van der Waals surface area contributed by atoms with Gasteiger partial charge in [0.1, 0.15) is 0 Å². The van der Waals surface area contributed by atoms with Crippen molar-refractivity contribution in [3.63, 3.8) is 0 Å². The van der Waals surface area contributed by atoms with E-state index in [1.54, 1.807) is 0 Å². The van der Waals surface area contributed by atoms with Gasteiger partial charge >= 0.3 is 12.2 Å². The third kappa shape index (κ3) is 5.87. The molecular weight excluding hydrogens is 507 g/mol. The number of para-hydroxylation sites is 1. The molecule has 0 radical (unpaired) electrons. The van der Waals surface area contributed by atoms with Gasteiger partial charge in [0.2, 0.25) is 0 Å². The fourth-order valence-electron chi connectivity index (χ4n) is 5.11. The van der Waals surface area contributed by atoms with Crippen molar-refractivity contribution in [3.8, 4) is 22.5 Å². The van der Waals surface area contributed by atoms with Crippen molar-refractivity contribution in [1.29, 1.82) is 0 Å². The lowest BCUT2D eigenvalue weighted by atomic mass is 9.93. The van der Waals surface area contributed by atoms with Gasteiger partial charge < -0.3 is 15.5 Å². The summed E-state index contributed by atoms with van der Waals surface area (Å²) in [6.07, 6.45) is 0.915. The van der Waals surface area contributed by atoms with E-state index in [1.807, 2.05) is 49.5 Å². The number of amides is 2. The van der Waals surface area contributed by atoms with E-state index in [0.717, 1.165) is 54.1 Å². The van der Waals surface area contributed by atoms with Gasteiger partial charge in [-0.3, -0.25) is 0 Å². The molecule has 3 N–H and O–H groups in total. The molecule has 8 nitrogen and oxygen atoms in total. The van der Waals surface area contributed by atoms with Crippen LogP contribution in [0.25, 0.3) is 22.5 Å². The fraction of sp³-hybridized carbons (Fsp3) is 0.286. The van der Waals surface area contributed by atoms with Crippen LogP contribution in [0.15, 0.2) is 66.7 Å². The summed E-state index contributed by atoms with van der Waals surface area (Å²) in [6.45, 7) is 0. The minimum atomic E-state index is -4.60. The molecule has 0 spiro atoms. The first kappa shape index (κ1) is 26.2. The highest BCUT2D eigenvalue weighted by Crippen LogP contribution is 2.38. The number of alkyl halides is 3. The summed E-state index contributed by atoms with van der Waals surface area (Å²) in [5.41, 5.74) is 2.41. The van der Waals surface area contributed by atoms with Gasteiger partial charge in [0.05, 0.1) is 22.6 Å². The Hall–Kier alpha value is -4.41. The number of aromatic nitrogens is 4. The second kappa shape index (κ2) is 11.1. The molecular formula is C28H28F3N7O. The largest absolute Gasteiger partial charge is 0.418 e. The number of anilines is 3. The number of halogens is 3. The molecule has 202 valence electrons. The van der Waals surface area contributed by atoms with Gasteiger partial charge in [0.15, 0.2) is 5.82 Å². The van der Waals surface area contributed by atoms with Crippen LogP contribution in [0.4, 0.5) is 35.0 Å². The highest BCUT2D eigenvalue weighted by Gasteiger charge is 2.33. The molecule has 0 unspecified atom stereocenters. The number of hydrogen-bond acceptors (Lipinski definition) is 5. The number of hydrogen-bond donors (Lipinski definition) is 3. The number of benzene rings is 3. The van der Waals surface area contributed by atoms with Gasteiger partial charge in [-0.2, -0.15) is 13.2 Å². The number of carbonyl (C=O) groups excluding carboxylic acids is 1. The van der Waals surface area contributed by atoms with Crippen molar-refractivity contribution in [1.82, 2.24) is 20.6 Å². The normalized spacial score (nSPS) is 14.2. The summed E-state index contributed by atoms with van der Waals surface area (Å²) in [7, 11) is 1.99. The van der Waals surface area contributed by atoms with Crippen LogP contribution in [0.5, 0.6) is 0 Å². The molecule has 2 amide bonds. The Kier molecular flexibility index (Phi) is 7.49. The number of aromatic amines is 1. The van der Waals surface area contributed by atoms with Gasteiger partial charge in [0.25, 0.3) is 0 Å². The standard InChI is InChI=1S/C28H28F3N7O/c1-38(19-9-3-2-4-10-19)25-16-15-18(20-11-5-6-12-21(20)26-34-36-37-35-26)17-24(25)33-27(39)32-23-14-8-7-13-22(23)28(29,30)31/h5-8,11-17,19H,2-4,9-10H2,1H3,(H2,32,33,39)(H,34,35,36,37). The molecule has 1 fully saturated rings. The molecule has 0 aliphatic heterocycles. The molecule has 0 bridgehead atoms. The maximum atomic E-state index is 13.5. The van der Waals surface area contributed by atoms with Gasteiger partial charge in [-0.25, -0.2) is 9.89 Å². The number of H-pyrrole nitrogens is 1. The van der Waals surface area contributed by atoms with Crippen molar-refractivity contribution in [2.75, 3.05) is 22.6 Å². The number of nitrogens with zero attached hydrogens (tertiary/aromatic N) is 4. The van der Waals surface area contributed by atoms with Gasteiger partial charge in [-0.05, 0) is 58.7 Å². The summed E-state index contributed by atoms with van der Waals surface area (Å²) < 4.78 is 40.5. The third-order valence-corrected chi connectivity index (χ3v) is 7.07. The number of rotatable bonds is 6. The molecule has 5 rings (SSSR count). The minimum Gasteiger partial charge on any atom is -0.370 e. The predicted molar refractivity (Wildman–Crippen MR) is 144 cm³/mol. The first-order valence-electron chi connectivity index (χ1n) is 12.8. The van der Waals surface area contributed by atoms with E-state index in [4.69, 9.17) is 0 Å². The van der Waals surface area contributed by atoms with Crippen LogP contribution in [0.2, 0.25) is 0 Å². The summed E-state index contributed by atoms with van der Waals surface area (Å²) in [4.78, 5) is 15.2. The lowest BCUT2D eigenvalue weighted by molar-refractivity contribution is -0.136. The zero-order valence-electron chi connectivity index (χ0n) is 21.3. The van der Waals surface area contributed by atoms with Gasteiger partial charge in [-0.1, -0.05) is 61.7 Å². The van der Waals surface area contributed by atoms with Gasteiger partial charge in [0, 0.05) is 18.7 Å². The summed E-state index contributed by atoms with van der Waals surface area (Å²) in [5.74, 6) is 0.491. The van der Waals surface area contributed by atoms with Crippen molar-refractivity contribution in [2.24, 2.45) is 0 Å². The number of carbonyl (C=O) groups is 1. The average molecular weight is 536 g/mol. The number of urea groups is 1. The zero-order chi connectivity index (χ0) is 27.4. The fourth-order valence-corrected chi connectivity index (χ4v) is 5.11. The van der Waals surface area contributed by atoms with Crippen molar-refractivity contribution < 1.29 is 18.0 Å². The Labute approximate surface area is 223 Å². The van der Waals surface area contributed by atoms with Crippen LogP contribution in [0, 0.1) is 0 Å². The van der Waals surface area contributed by atoms with Gasteiger partial charge in [-0.15, -0.1) is 5.10 Å². The van der Waals surface area contributed by atoms with Crippen LogP contribution < -0.4 is 15.5 Å². The van der Waals surface area contributed by atoms with Crippen molar-refractivity contribution >= 4 is 23.1 Å². The topological polar surface area (TPSA) is 98.8 Å². The molecule has 39 heavy (non-hydrogen) atoms. The molecule has 4 aromatic rings. The first-order valence-corrected chi connectivity index (χ1v) is 12.8. The Morgan fingerprint density at radius 3 is 2.33 bits per heavy atom. The van der Waals surface area contributed by atoms with E-state index in [9.17, 15) is 18.0 Å². The van der Waals surface area contributed by atoms with E-state index < -0.39 is 17.8 Å². The molecule has 3 aromatic carbocycles. The van der Waals surface area contributed by atoms with E-state index in [2.05, 4.69) is 36.2 Å². The Morgan fingerprint density at radius 2 is 1.62 bits per heavy atom. The third-order valence-electron chi connectivity index (χ3n) is 7.07. The first-order chi connectivity index (χ1) is 18.8. The SMILES string of the molecule is CN(c1ccc(-c2ccccc2-c2nnn[nH]2)cc1NC(=O)Nc1ccccc1C(F)(F)F)C1CCCCC1. The predicted octanol–water partition coefficient (Wildman–Crippen LogP) is 6.97. The lowest BCUT2D eigenvalue weighted by Crippen LogP contribution is -2.34. The average Bonchev–Trinajstić information content (AvgIpc) is 3.48. The van der Waals surface area contributed by atoms with Crippen molar-refractivity contribution in [2.45, 2.75) is 44.3 Å². The molecule has 0 atom stereocenters. The smallest absolute Gasteiger partial charge is 0.370 e. The lowest BCUT2D eigenvalue weighted by Gasteiger charge is -2.34. The van der Waals surface area contributed by atoms with E-state index in [1.165, 1.54) is 24.6 Å². The van der Waals surface area contributed by atoms with E-state index in [-0.39, 0.29) is 5.69 Å². The van der Waals surface area contributed by atoms with Crippen LogP contribution >= 0.6 is 0 Å². The summed E-state index contributed by atoms with van der Waals surface area (Å²) in [5, 5.41) is 19.3. The Balaban J connectivity index is 1.51. The highest BCUT2D eigenvalue weighted by molar-refractivity contribution is 6.03. The molecule has 0 saturated heterocycles. The number of nitrogens with one attached hydrogen (secondary N) is 3. The molecule has 1 heterocycles. The maximum absolute atomic E-state index is 13.5. The monoisotopic (exact) mass is 535 g/mol. The molecule has 11 heteroatoms. The van der Waals surface area contributed by atoms with Crippen molar-refractivity contribution in [3.05, 3.63) is 72.3 Å². The van der Waals surface area contributed by atoms with Crippen LogP contribution in [-0.2, 0) is 6.18 Å². The summed E-state index contributed by atoms with van der Waals surface area (Å²) in [6, 6.07) is 17.7. The van der Waals surface area contributed by atoms with Crippen LogP contribution in [0.1, 0.15) is 37.7 Å². The second-order valence-corrected chi connectivity index (χ2v) is 9.55. The van der Waals surface area contributed by atoms with E-state index >= 15 is 0 Å². The Morgan fingerprint density at radius 1 is 0.923 bits per heavy atom. The molecule has 1 aliphatic carbocycles. The number of tetrazole rings is 1. The van der Waals surface area contributed by atoms with E-state index in [0.29, 0.717) is 17.6 Å². The van der Waals surface area contributed by atoms with Crippen LogP contribution in [-0.4, -0.2) is 39.7 Å². The second-order valence-electron chi connectivity index (χ2n) is 9.55. The zero-order valence-corrected chi connectivity index (χ0v) is 21.3. The quantitative estimate of drug-likeness (QED) is 0.248. The minimum absolute atomic E-state index is 0.298. The molecule has 1 aromatic heterocycles. The maximum Gasteiger partial charge on any atom is 0.418 e. The molecule has 1 aliphatic rings. The molecule has 1 saturated carbocycles. The summed E-state index contributed by atoms with van der Waals surface area (Å²) >= 11 is 0. The van der Waals surface area contributed by atoms with Crippen LogP contribution in [0.3, 0.4) is 0 Å². The Bertz CT molecular complexity index is 1430. The highest BCUT2D eigenvalue weighted by atomic mass is 19.4.